The molecular weight excluding hydrogens is 285 g/mol. The summed E-state index contributed by atoms with van der Waals surface area (Å²) in [7, 11) is 0. The summed E-state index contributed by atoms with van der Waals surface area (Å²) in [6, 6.07) is 1.92. The first kappa shape index (κ1) is 17.2. The smallest absolute Gasteiger partial charge is 0.395 e. The van der Waals surface area contributed by atoms with Gasteiger partial charge in [0.25, 0.3) is 0 Å². The van der Waals surface area contributed by atoms with E-state index >= 15 is 0 Å². The van der Waals surface area contributed by atoms with Crippen molar-refractivity contribution in [1.29, 1.82) is 5.26 Å². The molecule has 0 aliphatic rings. The molecule has 1 N–H and O–H groups in total. The fourth-order valence-corrected chi connectivity index (χ4v) is 2.10. The Morgan fingerprint density at radius 2 is 1.90 bits per heavy atom. The highest BCUT2D eigenvalue weighted by molar-refractivity contribution is 5.58. The summed E-state index contributed by atoms with van der Waals surface area (Å²) in [5.74, 6) is -0.127. The highest BCUT2D eigenvalue weighted by Crippen LogP contribution is 2.26. The van der Waals surface area contributed by atoms with E-state index in [-0.39, 0.29) is 17.9 Å². The van der Waals surface area contributed by atoms with Crippen LogP contribution in [0.15, 0.2) is 0 Å². The molecule has 5 nitrogen and oxygen atoms in total. The summed E-state index contributed by atoms with van der Waals surface area (Å²) in [6.45, 7) is 1.62. The molecule has 0 unspecified atom stereocenters. The molecule has 0 radical (unpaired) electrons. The number of rotatable bonds is 6. The van der Waals surface area contributed by atoms with Gasteiger partial charge >= 0.3 is 6.18 Å². The number of anilines is 1. The van der Waals surface area contributed by atoms with E-state index < -0.39 is 19.3 Å². The van der Waals surface area contributed by atoms with E-state index in [4.69, 9.17) is 5.11 Å². The van der Waals surface area contributed by atoms with Gasteiger partial charge in [0.05, 0.1) is 12.3 Å². The summed E-state index contributed by atoms with van der Waals surface area (Å²) in [6.07, 6.45) is -3.43. The van der Waals surface area contributed by atoms with Gasteiger partial charge in [-0.3, -0.25) is 0 Å². The molecule has 1 aromatic heterocycles. The van der Waals surface area contributed by atoms with Gasteiger partial charge in [-0.25, -0.2) is 0 Å². The van der Waals surface area contributed by atoms with Crippen molar-refractivity contribution in [3.8, 4) is 6.07 Å². The number of aliphatic hydroxyl groups excluding tert-OH is 1. The summed E-state index contributed by atoms with van der Waals surface area (Å²) in [4.78, 5) is 0.837. The van der Waals surface area contributed by atoms with Crippen LogP contribution in [0.1, 0.15) is 30.7 Å². The molecule has 0 spiro atoms. The summed E-state index contributed by atoms with van der Waals surface area (Å²) in [5, 5.41) is 25.9. The first-order valence-electron chi connectivity index (χ1n) is 6.58. The van der Waals surface area contributed by atoms with Gasteiger partial charge in [-0.1, -0.05) is 13.8 Å². The van der Waals surface area contributed by atoms with Gasteiger partial charge in [-0.05, 0) is 18.4 Å². The van der Waals surface area contributed by atoms with Gasteiger partial charge in [-0.15, -0.1) is 5.10 Å². The van der Waals surface area contributed by atoms with Crippen LogP contribution in [0.2, 0.25) is 0 Å². The molecule has 0 aliphatic carbocycles. The Balaban J connectivity index is 3.35. The van der Waals surface area contributed by atoms with Crippen molar-refractivity contribution in [1.82, 2.24) is 10.2 Å². The molecule has 0 amide bonds. The zero-order valence-corrected chi connectivity index (χ0v) is 11.9. The minimum atomic E-state index is -4.46. The third-order valence-corrected chi connectivity index (χ3v) is 2.98. The lowest BCUT2D eigenvalue weighted by atomic mass is 10.0. The van der Waals surface area contributed by atoms with Crippen LogP contribution in [0.5, 0.6) is 0 Å². The number of nitriles is 1. The molecule has 8 heteroatoms. The van der Waals surface area contributed by atoms with Crippen LogP contribution < -0.4 is 4.90 Å². The molecule has 0 atom stereocenters. The number of hydrogen-bond acceptors (Lipinski definition) is 5. The quantitative estimate of drug-likeness (QED) is 0.868. The lowest BCUT2D eigenvalue weighted by Gasteiger charge is -2.25. The van der Waals surface area contributed by atoms with E-state index in [1.54, 1.807) is 6.92 Å². The zero-order valence-electron chi connectivity index (χ0n) is 11.9. The van der Waals surface area contributed by atoms with Gasteiger partial charge in [0.1, 0.15) is 18.2 Å². The fourth-order valence-electron chi connectivity index (χ4n) is 2.10. The number of aryl methyl sites for hydroxylation is 1. The molecule has 0 aromatic carbocycles. The number of nitrogens with zero attached hydrogens (tertiary/aromatic N) is 4. The maximum Gasteiger partial charge on any atom is 0.405 e. The highest BCUT2D eigenvalue weighted by atomic mass is 19.4. The molecule has 0 bridgehead atoms. The van der Waals surface area contributed by atoms with Crippen molar-refractivity contribution in [3.05, 3.63) is 16.8 Å². The van der Waals surface area contributed by atoms with Crippen molar-refractivity contribution in [2.24, 2.45) is 0 Å². The topological polar surface area (TPSA) is 73.0 Å². The minimum Gasteiger partial charge on any atom is -0.395 e. The molecule has 21 heavy (non-hydrogen) atoms. The maximum atomic E-state index is 12.6. The standard InChI is InChI=1S/C13H17F3N4O/c1-3-9-10(7-17)12(19-18-11(9)4-2)20(5-6-21)8-13(14,15)16/h21H,3-6,8H2,1-2H3. The van der Waals surface area contributed by atoms with Crippen LogP contribution in [-0.4, -0.2) is 41.2 Å². The third kappa shape index (κ3) is 4.29. The maximum absolute atomic E-state index is 12.6. The lowest BCUT2D eigenvalue weighted by Crippen LogP contribution is -2.37. The Bertz CT molecular complexity index is 525. The third-order valence-electron chi connectivity index (χ3n) is 2.98. The van der Waals surface area contributed by atoms with Crippen LogP contribution in [0, 0.1) is 11.3 Å². The monoisotopic (exact) mass is 302 g/mol. The molecule has 1 rings (SSSR count). The number of halogens is 3. The van der Waals surface area contributed by atoms with Crippen LogP contribution in [0.3, 0.4) is 0 Å². The second kappa shape index (κ2) is 7.22. The summed E-state index contributed by atoms with van der Waals surface area (Å²) in [5.41, 5.74) is 1.31. The number of hydrogen-bond donors (Lipinski definition) is 1. The number of aliphatic hydroxyl groups is 1. The normalized spacial score (nSPS) is 11.3. The molecule has 1 aromatic rings. The van der Waals surface area contributed by atoms with E-state index in [1.807, 2.05) is 13.0 Å². The average molecular weight is 302 g/mol. The number of aromatic nitrogens is 2. The Hall–Kier alpha value is -1.88. The Labute approximate surface area is 121 Å². The van der Waals surface area contributed by atoms with E-state index in [1.165, 1.54) is 0 Å². The van der Waals surface area contributed by atoms with Crippen molar-refractivity contribution < 1.29 is 18.3 Å². The number of alkyl halides is 3. The van der Waals surface area contributed by atoms with Crippen LogP contribution in [-0.2, 0) is 12.8 Å². The molecule has 0 saturated carbocycles. The van der Waals surface area contributed by atoms with E-state index in [0.29, 0.717) is 24.1 Å². The first-order valence-corrected chi connectivity index (χ1v) is 6.58. The Morgan fingerprint density at radius 3 is 2.33 bits per heavy atom. The van der Waals surface area contributed by atoms with Crippen molar-refractivity contribution in [2.45, 2.75) is 32.9 Å². The van der Waals surface area contributed by atoms with Gasteiger partial charge in [0.2, 0.25) is 0 Å². The molecule has 1 heterocycles. The zero-order chi connectivity index (χ0) is 16.0. The van der Waals surface area contributed by atoms with Crippen LogP contribution in [0.4, 0.5) is 19.0 Å². The first-order chi connectivity index (χ1) is 9.87. The average Bonchev–Trinajstić information content (AvgIpc) is 2.43. The molecule has 0 fully saturated rings. The molecular formula is C13H17F3N4O. The second-order valence-electron chi connectivity index (χ2n) is 4.40. The predicted octanol–water partition coefficient (Wildman–Crippen LogP) is 1.83. The second-order valence-corrected chi connectivity index (χ2v) is 4.40. The van der Waals surface area contributed by atoms with Gasteiger partial charge < -0.3 is 10.0 Å². The summed E-state index contributed by atoms with van der Waals surface area (Å²) < 4.78 is 37.9. The highest BCUT2D eigenvalue weighted by Gasteiger charge is 2.33. The molecule has 0 aliphatic heterocycles. The SMILES string of the molecule is CCc1nnc(N(CCO)CC(F)(F)F)c(C#N)c1CC. The Morgan fingerprint density at radius 1 is 1.24 bits per heavy atom. The van der Waals surface area contributed by atoms with Crippen molar-refractivity contribution >= 4 is 5.82 Å². The molecule has 116 valence electrons. The van der Waals surface area contributed by atoms with Gasteiger partial charge in [0.15, 0.2) is 5.82 Å². The van der Waals surface area contributed by atoms with E-state index in [2.05, 4.69) is 10.2 Å². The predicted molar refractivity (Wildman–Crippen MR) is 70.9 cm³/mol. The van der Waals surface area contributed by atoms with E-state index in [0.717, 1.165) is 4.90 Å². The van der Waals surface area contributed by atoms with Gasteiger partial charge in [0, 0.05) is 6.54 Å². The van der Waals surface area contributed by atoms with Crippen LogP contribution in [0.25, 0.3) is 0 Å². The van der Waals surface area contributed by atoms with Crippen LogP contribution >= 0.6 is 0 Å². The molecule has 0 saturated heterocycles. The van der Waals surface area contributed by atoms with Crippen molar-refractivity contribution in [2.75, 3.05) is 24.6 Å². The largest absolute Gasteiger partial charge is 0.405 e. The summed E-state index contributed by atoms with van der Waals surface area (Å²) >= 11 is 0. The van der Waals surface area contributed by atoms with E-state index in [9.17, 15) is 18.4 Å². The Kier molecular flexibility index (Phi) is 5.90. The minimum absolute atomic E-state index is 0.0991. The fraction of sp³-hybridized carbons (Fsp3) is 0.615. The van der Waals surface area contributed by atoms with Crippen molar-refractivity contribution in [3.63, 3.8) is 0 Å². The lowest BCUT2D eigenvalue weighted by molar-refractivity contribution is -0.120. The van der Waals surface area contributed by atoms with Gasteiger partial charge in [-0.2, -0.15) is 23.5 Å².